The Hall–Kier alpha value is -0.570. The van der Waals surface area contributed by atoms with E-state index in [0.717, 1.165) is 24.9 Å². The smallest absolute Gasteiger partial charge is 0.304 e. The van der Waals surface area contributed by atoms with Gasteiger partial charge in [0.05, 0.1) is 6.42 Å². The fraction of sp³-hybridized carbons (Fsp3) is 0.941. The molecule has 0 aromatic heterocycles. The van der Waals surface area contributed by atoms with E-state index in [1.807, 2.05) is 0 Å². The molecule has 116 valence electrons. The number of hydrogen-bond acceptors (Lipinski definition) is 2. The molecule has 0 aromatic rings. The zero-order valence-electron chi connectivity index (χ0n) is 13.4. The number of carboxylic acid groups (broad SMARTS) is 1. The zero-order chi connectivity index (χ0) is 14.8. The predicted octanol–water partition coefficient (Wildman–Crippen LogP) is 3.78. The summed E-state index contributed by atoms with van der Waals surface area (Å²) >= 11 is 0. The topological polar surface area (TPSA) is 40.5 Å². The lowest BCUT2D eigenvalue weighted by Crippen LogP contribution is -2.36. The van der Waals surface area contributed by atoms with Crippen LogP contribution in [-0.2, 0) is 4.79 Å². The average Bonchev–Trinajstić information content (AvgIpc) is 3.18. The average molecular weight is 281 g/mol. The molecular weight excluding hydrogens is 250 g/mol. The van der Waals surface area contributed by atoms with E-state index < -0.39 is 5.97 Å². The van der Waals surface area contributed by atoms with Gasteiger partial charge < -0.3 is 5.11 Å². The van der Waals surface area contributed by atoms with Crippen LogP contribution in [-0.4, -0.2) is 35.1 Å². The zero-order valence-corrected chi connectivity index (χ0v) is 13.4. The van der Waals surface area contributed by atoms with Gasteiger partial charge in [-0.05, 0) is 55.8 Å². The van der Waals surface area contributed by atoms with Crippen molar-refractivity contribution in [2.45, 2.75) is 71.8 Å². The molecule has 0 heterocycles. The van der Waals surface area contributed by atoms with Crippen molar-refractivity contribution in [3.8, 4) is 0 Å². The molecule has 3 nitrogen and oxygen atoms in total. The quantitative estimate of drug-likeness (QED) is 0.805. The van der Waals surface area contributed by atoms with Gasteiger partial charge in [0.1, 0.15) is 0 Å². The van der Waals surface area contributed by atoms with E-state index in [9.17, 15) is 4.79 Å². The van der Waals surface area contributed by atoms with Crippen molar-refractivity contribution in [1.82, 2.24) is 4.90 Å². The maximum Gasteiger partial charge on any atom is 0.304 e. The summed E-state index contributed by atoms with van der Waals surface area (Å²) < 4.78 is 0. The number of carbonyl (C=O) groups is 1. The number of rotatable bonds is 6. The van der Waals surface area contributed by atoms with Crippen molar-refractivity contribution in [1.29, 1.82) is 0 Å². The van der Waals surface area contributed by atoms with Crippen molar-refractivity contribution in [2.24, 2.45) is 17.3 Å². The molecule has 2 aliphatic rings. The van der Waals surface area contributed by atoms with Crippen LogP contribution in [0, 0.1) is 17.3 Å². The molecule has 20 heavy (non-hydrogen) atoms. The number of nitrogens with zero attached hydrogens (tertiary/aromatic N) is 1. The van der Waals surface area contributed by atoms with Gasteiger partial charge in [-0.1, -0.05) is 20.8 Å². The van der Waals surface area contributed by atoms with E-state index in [2.05, 4.69) is 25.7 Å². The summed E-state index contributed by atoms with van der Waals surface area (Å²) in [5.74, 6) is 1.00. The molecule has 1 N–H and O–H groups in total. The minimum absolute atomic E-state index is 0.299. The van der Waals surface area contributed by atoms with E-state index >= 15 is 0 Å². The fourth-order valence-electron chi connectivity index (χ4n) is 3.64. The highest BCUT2D eigenvalue weighted by Gasteiger charge is 2.34. The molecule has 0 aliphatic heterocycles. The second-order valence-electron chi connectivity index (χ2n) is 7.95. The highest BCUT2D eigenvalue weighted by Crippen LogP contribution is 2.40. The van der Waals surface area contributed by atoms with Crippen LogP contribution in [0.3, 0.4) is 0 Å². The lowest BCUT2D eigenvalue weighted by Gasteiger charge is -2.38. The lowest BCUT2D eigenvalue weighted by molar-refractivity contribution is -0.137. The molecule has 2 fully saturated rings. The fourth-order valence-corrected chi connectivity index (χ4v) is 3.64. The predicted molar refractivity (Wildman–Crippen MR) is 81.8 cm³/mol. The summed E-state index contributed by atoms with van der Waals surface area (Å²) in [7, 11) is 0. The summed E-state index contributed by atoms with van der Waals surface area (Å²) in [5, 5.41) is 8.87. The van der Waals surface area contributed by atoms with Gasteiger partial charge in [0.25, 0.3) is 0 Å². The van der Waals surface area contributed by atoms with Crippen LogP contribution in [0.15, 0.2) is 0 Å². The first-order valence-electron chi connectivity index (χ1n) is 8.32. The Balaban J connectivity index is 1.76. The minimum atomic E-state index is -0.660. The van der Waals surface area contributed by atoms with E-state index in [-0.39, 0.29) is 0 Å². The molecule has 0 unspecified atom stereocenters. The third-order valence-corrected chi connectivity index (χ3v) is 5.24. The molecule has 0 saturated heterocycles. The highest BCUT2D eigenvalue weighted by molar-refractivity contribution is 5.66. The van der Waals surface area contributed by atoms with Crippen LogP contribution in [0.1, 0.15) is 65.7 Å². The summed E-state index contributed by atoms with van der Waals surface area (Å²) in [6.45, 7) is 8.97. The number of carboxylic acids is 1. The number of aliphatic carboxylic acids is 1. The minimum Gasteiger partial charge on any atom is -0.481 e. The highest BCUT2D eigenvalue weighted by atomic mass is 16.4. The normalized spacial score (nSPS) is 27.8. The second-order valence-corrected chi connectivity index (χ2v) is 7.95. The van der Waals surface area contributed by atoms with Gasteiger partial charge in [0.2, 0.25) is 0 Å². The van der Waals surface area contributed by atoms with E-state index in [1.54, 1.807) is 0 Å². The van der Waals surface area contributed by atoms with Crippen LogP contribution >= 0.6 is 0 Å². The van der Waals surface area contributed by atoms with Crippen LogP contribution in [0.25, 0.3) is 0 Å². The molecule has 0 bridgehead atoms. The molecule has 0 atom stereocenters. The summed E-state index contributed by atoms with van der Waals surface area (Å²) in [6, 6.07) is 0.690. The molecule has 2 saturated carbocycles. The van der Waals surface area contributed by atoms with Crippen molar-refractivity contribution in [3.63, 3.8) is 0 Å². The Morgan fingerprint density at radius 3 is 2.15 bits per heavy atom. The maximum atomic E-state index is 10.8. The Morgan fingerprint density at radius 1 is 1.10 bits per heavy atom. The van der Waals surface area contributed by atoms with E-state index in [0.29, 0.717) is 17.9 Å². The molecule has 0 amide bonds. The van der Waals surface area contributed by atoms with Gasteiger partial charge in [-0.15, -0.1) is 0 Å². The molecule has 0 aromatic carbocycles. The maximum absolute atomic E-state index is 10.8. The van der Waals surface area contributed by atoms with Gasteiger partial charge >= 0.3 is 5.97 Å². The largest absolute Gasteiger partial charge is 0.481 e. The first-order valence-corrected chi connectivity index (χ1v) is 8.32. The van der Waals surface area contributed by atoms with Gasteiger partial charge in [-0.25, -0.2) is 0 Å². The van der Waals surface area contributed by atoms with Gasteiger partial charge in [-0.2, -0.15) is 0 Å². The third kappa shape index (κ3) is 4.76. The SMILES string of the molecule is CC(C)(C)C1CCC(CN(CCC(=O)O)C2CC2)CC1. The van der Waals surface area contributed by atoms with E-state index in [1.165, 1.54) is 38.5 Å². The molecular formula is C17H31NO2. The summed E-state index contributed by atoms with van der Waals surface area (Å²) in [5.41, 5.74) is 0.449. The Labute approximate surface area is 123 Å². The van der Waals surface area contributed by atoms with Gasteiger partial charge in [0.15, 0.2) is 0 Å². The van der Waals surface area contributed by atoms with Crippen molar-refractivity contribution < 1.29 is 9.90 Å². The van der Waals surface area contributed by atoms with Crippen LogP contribution < -0.4 is 0 Å². The van der Waals surface area contributed by atoms with Crippen LogP contribution in [0.5, 0.6) is 0 Å². The monoisotopic (exact) mass is 281 g/mol. The van der Waals surface area contributed by atoms with Crippen molar-refractivity contribution >= 4 is 5.97 Å². The first-order chi connectivity index (χ1) is 9.36. The lowest BCUT2D eigenvalue weighted by atomic mass is 9.70. The third-order valence-electron chi connectivity index (χ3n) is 5.24. The molecule has 3 heteroatoms. The van der Waals surface area contributed by atoms with Crippen LogP contribution in [0.2, 0.25) is 0 Å². The molecule has 0 radical (unpaired) electrons. The Morgan fingerprint density at radius 2 is 1.70 bits per heavy atom. The van der Waals surface area contributed by atoms with Gasteiger partial charge in [-0.3, -0.25) is 9.69 Å². The van der Waals surface area contributed by atoms with E-state index in [4.69, 9.17) is 5.11 Å². The Bertz CT molecular complexity index is 322. The van der Waals surface area contributed by atoms with Gasteiger partial charge in [0, 0.05) is 19.1 Å². The second kappa shape index (κ2) is 6.46. The summed E-state index contributed by atoms with van der Waals surface area (Å²) in [4.78, 5) is 13.2. The molecule has 2 rings (SSSR count). The summed E-state index contributed by atoms with van der Waals surface area (Å²) in [6.07, 6.45) is 8.22. The standard InChI is InChI=1S/C17H31NO2/c1-17(2,3)14-6-4-13(5-7-14)12-18(15-8-9-15)11-10-16(19)20/h13-15H,4-12H2,1-3H3,(H,19,20). The van der Waals surface area contributed by atoms with Crippen molar-refractivity contribution in [3.05, 3.63) is 0 Å². The van der Waals surface area contributed by atoms with Crippen LogP contribution in [0.4, 0.5) is 0 Å². The van der Waals surface area contributed by atoms with Crippen molar-refractivity contribution in [2.75, 3.05) is 13.1 Å². The first kappa shape index (κ1) is 15.8. The Kier molecular flexibility index (Phi) is 5.11. The molecule has 0 spiro atoms. The molecule has 2 aliphatic carbocycles. The number of hydrogen-bond donors (Lipinski definition) is 1.